The number of hydrogen-bond donors (Lipinski definition) is 0. The zero-order chi connectivity index (χ0) is 17.4. The molecule has 132 valence electrons. The maximum Gasteiger partial charge on any atom is 0.243 e. The number of Topliss-reactive ketones (excluding diaryl/α,β-unsaturated/α-hetero) is 1. The van der Waals surface area contributed by atoms with E-state index in [4.69, 9.17) is 0 Å². The van der Waals surface area contributed by atoms with Gasteiger partial charge < -0.3 is 0 Å². The molecule has 2 aliphatic rings. The van der Waals surface area contributed by atoms with E-state index in [2.05, 4.69) is 0 Å². The second-order valence-corrected chi connectivity index (χ2v) is 9.69. The van der Waals surface area contributed by atoms with Gasteiger partial charge in [0.05, 0.1) is 9.77 Å². The van der Waals surface area contributed by atoms with Crippen molar-refractivity contribution < 1.29 is 13.2 Å². The van der Waals surface area contributed by atoms with E-state index >= 15 is 0 Å². The molecule has 1 fully saturated rings. The van der Waals surface area contributed by atoms with E-state index in [9.17, 15) is 13.2 Å². The Morgan fingerprint density at radius 1 is 1.08 bits per heavy atom. The summed E-state index contributed by atoms with van der Waals surface area (Å²) in [5.74, 6) is 0.0923. The molecule has 2 heterocycles. The molecule has 0 atom stereocenters. The van der Waals surface area contributed by atoms with Crippen LogP contribution < -0.4 is 0 Å². The van der Waals surface area contributed by atoms with Gasteiger partial charge in [-0.1, -0.05) is 12.1 Å². The second-order valence-electron chi connectivity index (χ2n) is 6.80. The fourth-order valence-electron chi connectivity index (χ4n) is 3.84. The van der Waals surface area contributed by atoms with Crippen LogP contribution in [0, 0.1) is 5.92 Å². The van der Waals surface area contributed by atoms with Crippen LogP contribution in [-0.4, -0.2) is 31.6 Å². The van der Waals surface area contributed by atoms with Gasteiger partial charge in [-0.2, -0.15) is 4.31 Å². The molecule has 25 heavy (non-hydrogen) atoms. The number of rotatable bonds is 4. The number of sulfonamides is 1. The largest absolute Gasteiger partial charge is 0.293 e. The Kier molecular flexibility index (Phi) is 4.52. The van der Waals surface area contributed by atoms with Crippen LogP contribution in [0.4, 0.5) is 0 Å². The SMILES string of the molecule is O=C(c1cccs1)C1CCN(S(=O)(=O)c2ccc3c(c2)CCC3)CC1. The Labute approximate surface area is 152 Å². The standard InChI is InChI=1S/C19H21NO3S2/c21-19(18-5-2-12-24-18)15-8-10-20(11-9-15)25(22,23)17-7-6-14-3-1-4-16(14)13-17/h2,5-7,12-13,15H,1,3-4,8-11H2. The minimum Gasteiger partial charge on any atom is -0.293 e. The topological polar surface area (TPSA) is 54.5 Å². The number of carbonyl (C=O) groups is 1. The molecule has 1 aromatic carbocycles. The first-order chi connectivity index (χ1) is 12.1. The normalized spacial score (nSPS) is 19.0. The number of fused-ring (bicyclic) bond motifs is 1. The molecular weight excluding hydrogens is 354 g/mol. The number of aryl methyl sites for hydroxylation is 2. The number of ketones is 1. The van der Waals surface area contributed by atoms with E-state index < -0.39 is 10.0 Å². The summed E-state index contributed by atoms with van der Waals surface area (Å²) in [6.07, 6.45) is 4.32. The summed E-state index contributed by atoms with van der Waals surface area (Å²) in [6.45, 7) is 0.836. The van der Waals surface area contributed by atoms with Crippen molar-refractivity contribution in [2.75, 3.05) is 13.1 Å². The smallest absolute Gasteiger partial charge is 0.243 e. The van der Waals surface area contributed by atoms with E-state index in [1.807, 2.05) is 29.6 Å². The Morgan fingerprint density at radius 2 is 1.84 bits per heavy atom. The summed E-state index contributed by atoms with van der Waals surface area (Å²) in [5.41, 5.74) is 2.45. The highest BCUT2D eigenvalue weighted by Crippen LogP contribution is 2.30. The molecule has 6 heteroatoms. The van der Waals surface area contributed by atoms with E-state index in [0.717, 1.165) is 24.1 Å². The minimum absolute atomic E-state index is 0.0647. The highest BCUT2D eigenvalue weighted by Gasteiger charge is 2.33. The first-order valence-electron chi connectivity index (χ1n) is 8.75. The van der Waals surface area contributed by atoms with Crippen molar-refractivity contribution in [2.45, 2.75) is 37.0 Å². The fourth-order valence-corrected chi connectivity index (χ4v) is 6.10. The average molecular weight is 376 g/mol. The van der Waals surface area contributed by atoms with Gasteiger partial charge in [0.25, 0.3) is 0 Å². The molecule has 2 aromatic rings. The third-order valence-corrected chi connectivity index (χ3v) is 8.08. The molecule has 4 nitrogen and oxygen atoms in total. The van der Waals surface area contributed by atoms with Crippen LogP contribution in [0.15, 0.2) is 40.6 Å². The molecule has 1 aromatic heterocycles. The van der Waals surface area contributed by atoms with Crippen molar-refractivity contribution in [1.82, 2.24) is 4.31 Å². The lowest BCUT2D eigenvalue weighted by Gasteiger charge is -2.30. The number of thiophene rings is 1. The van der Waals surface area contributed by atoms with Crippen molar-refractivity contribution in [2.24, 2.45) is 5.92 Å². The number of piperidine rings is 1. The first kappa shape index (κ1) is 16.9. The molecule has 0 spiro atoms. The molecule has 0 bridgehead atoms. The van der Waals surface area contributed by atoms with E-state index in [0.29, 0.717) is 30.8 Å². The van der Waals surface area contributed by atoms with Gasteiger partial charge in [0, 0.05) is 19.0 Å². The molecule has 1 saturated heterocycles. The molecule has 0 saturated carbocycles. The van der Waals surface area contributed by atoms with Crippen molar-refractivity contribution in [3.8, 4) is 0 Å². The van der Waals surface area contributed by atoms with Gasteiger partial charge >= 0.3 is 0 Å². The van der Waals surface area contributed by atoms with Crippen LogP contribution >= 0.6 is 11.3 Å². The lowest BCUT2D eigenvalue weighted by Crippen LogP contribution is -2.40. The van der Waals surface area contributed by atoms with Crippen molar-refractivity contribution >= 4 is 27.1 Å². The minimum atomic E-state index is -3.46. The van der Waals surface area contributed by atoms with Crippen LogP contribution in [0.2, 0.25) is 0 Å². The lowest BCUT2D eigenvalue weighted by atomic mass is 9.93. The molecule has 1 aliphatic heterocycles. The summed E-state index contributed by atoms with van der Waals surface area (Å²) in [6, 6.07) is 9.28. The van der Waals surface area contributed by atoms with Gasteiger partial charge in [-0.25, -0.2) is 8.42 Å². The summed E-state index contributed by atoms with van der Waals surface area (Å²) in [7, 11) is -3.46. The molecule has 0 unspecified atom stereocenters. The summed E-state index contributed by atoms with van der Waals surface area (Å²) in [4.78, 5) is 13.6. The molecule has 0 N–H and O–H groups in total. The second kappa shape index (κ2) is 6.67. The zero-order valence-corrected chi connectivity index (χ0v) is 15.6. The molecular formula is C19H21NO3S2. The van der Waals surface area contributed by atoms with Gasteiger partial charge in [-0.3, -0.25) is 4.79 Å². The summed E-state index contributed by atoms with van der Waals surface area (Å²) >= 11 is 1.46. The van der Waals surface area contributed by atoms with Crippen molar-refractivity contribution in [3.05, 3.63) is 51.7 Å². The molecule has 0 amide bonds. The van der Waals surface area contributed by atoms with Gasteiger partial charge in [-0.15, -0.1) is 11.3 Å². The van der Waals surface area contributed by atoms with Crippen molar-refractivity contribution in [1.29, 1.82) is 0 Å². The Bertz CT molecular complexity index is 879. The van der Waals surface area contributed by atoms with Gasteiger partial charge in [-0.05, 0) is 66.8 Å². The van der Waals surface area contributed by atoms with E-state index in [-0.39, 0.29) is 11.7 Å². The van der Waals surface area contributed by atoms with Crippen LogP contribution in [0.5, 0.6) is 0 Å². The predicted octanol–water partition coefficient (Wildman–Crippen LogP) is 3.52. The number of carbonyl (C=O) groups excluding carboxylic acids is 1. The highest BCUT2D eigenvalue weighted by atomic mass is 32.2. The third-order valence-electron chi connectivity index (χ3n) is 5.30. The zero-order valence-electron chi connectivity index (χ0n) is 14.0. The quantitative estimate of drug-likeness (QED) is 0.769. The monoisotopic (exact) mass is 375 g/mol. The third kappa shape index (κ3) is 3.18. The summed E-state index contributed by atoms with van der Waals surface area (Å²) < 4.78 is 27.4. The van der Waals surface area contributed by atoms with Crippen LogP contribution in [0.25, 0.3) is 0 Å². The lowest BCUT2D eigenvalue weighted by molar-refractivity contribution is 0.0879. The van der Waals surface area contributed by atoms with Crippen LogP contribution in [-0.2, 0) is 22.9 Å². The van der Waals surface area contributed by atoms with Gasteiger partial charge in [0.2, 0.25) is 10.0 Å². The number of nitrogens with zero attached hydrogens (tertiary/aromatic N) is 1. The molecule has 1 aliphatic carbocycles. The van der Waals surface area contributed by atoms with E-state index in [1.165, 1.54) is 22.5 Å². The highest BCUT2D eigenvalue weighted by molar-refractivity contribution is 7.89. The average Bonchev–Trinajstić information content (AvgIpc) is 3.32. The maximum absolute atomic E-state index is 12.9. The molecule has 0 radical (unpaired) electrons. The van der Waals surface area contributed by atoms with Crippen LogP contribution in [0.3, 0.4) is 0 Å². The molecule has 4 rings (SSSR count). The predicted molar refractivity (Wildman–Crippen MR) is 98.6 cm³/mol. The van der Waals surface area contributed by atoms with Crippen LogP contribution in [0.1, 0.15) is 40.1 Å². The Hall–Kier alpha value is -1.50. The fraction of sp³-hybridized carbons (Fsp3) is 0.421. The Morgan fingerprint density at radius 3 is 2.56 bits per heavy atom. The van der Waals surface area contributed by atoms with Gasteiger partial charge in [0.15, 0.2) is 5.78 Å². The summed E-state index contributed by atoms with van der Waals surface area (Å²) in [5, 5.41) is 1.90. The number of benzene rings is 1. The Balaban J connectivity index is 1.47. The maximum atomic E-state index is 12.9. The first-order valence-corrected chi connectivity index (χ1v) is 11.1. The van der Waals surface area contributed by atoms with E-state index in [1.54, 1.807) is 10.4 Å². The number of hydrogen-bond acceptors (Lipinski definition) is 4. The van der Waals surface area contributed by atoms with Gasteiger partial charge in [0.1, 0.15) is 0 Å². The van der Waals surface area contributed by atoms with Crippen molar-refractivity contribution in [3.63, 3.8) is 0 Å².